The van der Waals surface area contributed by atoms with Gasteiger partial charge in [0.05, 0.1) is 16.5 Å². The summed E-state index contributed by atoms with van der Waals surface area (Å²) in [6, 6.07) is 13.2. The Balaban J connectivity index is 1.39. The first-order valence-electron chi connectivity index (χ1n) is 11.5. The van der Waals surface area contributed by atoms with Crippen LogP contribution in [0.3, 0.4) is 0 Å². The zero-order valence-corrected chi connectivity index (χ0v) is 20.2. The fourth-order valence-electron chi connectivity index (χ4n) is 4.24. The number of nitrogens with zero attached hydrogens (tertiary/aromatic N) is 4. The Morgan fingerprint density at radius 2 is 1.94 bits per heavy atom. The number of carbonyl (C=O) groups is 1. The van der Waals surface area contributed by atoms with Crippen molar-refractivity contribution in [2.24, 2.45) is 5.92 Å². The Labute approximate surface area is 195 Å². The first kappa shape index (κ1) is 23.4. The summed E-state index contributed by atoms with van der Waals surface area (Å²) < 4.78 is 29.7. The predicted molar refractivity (Wildman–Crippen MR) is 127 cm³/mol. The molecule has 1 atom stereocenters. The second kappa shape index (κ2) is 9.61. The summed E-state index contributed by atoms with van der Waals surface area (Å²) in [6.07, 6.45) is 1.92. The molecule has 0 bridgehead atoms. The highest BCUT2D eigenvalue weighted by Crippen LogP contribution is 2.27. The quantitative estimate of drug-likeness (QED) is 0.572. The molecule has 0 radical (unpaired) electrons. The standard InChI is InChI=1S/C24H31N5O3S/c1-4-18(3)29-23-9-8-21(15-22(23)26-27-29)33(31,32)28-12-10-20(11-13-28)24(30)25-16-19-7-5-6-17(2)14-19/h5-9,14-15,18,20H,4,10-13,16H2,1-3H3,(H,25,30). The first-order valence-corrected chi connectivity index (χ1v) is 12.9. The van der Waals surface area contributed by atoms with Gasteiger partial charge in [-0.3, -0.25) is 4.79 Å². The second-order valence-corrected chi connectivity index (χ2v) is 10.8. The van der Waals surface area contributed by atoms with Gasteiger partial charge in [0.15, 0.2) is 0 Å². The van der Waals surface area contributed by atoms with Crippen molar-refractivity contribution in [3.05, 3.63) is 53.6 Å². The summed E-state index contributed by atoms with van der Waals surface area (Å²) in [4.78, 5) is 12.8. The first-order chi connectivity index (χ1) is 15.8. The number of sulfonamides is 1. The number of aryl methyl sites for hydroxylation is 1. The summed E-state index contributed by atoms with van der Waals surface area (Å²) in [7, 11) is -3.65. The minimum absolute atomic E-state index is 0.0170. The summed E-state index contributed by atoms with van der Waals surface area (Å²) >= 11 is 0. The van der Waals surface area contributed by atoms with Crippen molar-refractivity contribution < 1.29 is 13.2 Å². The number of piperidine rings is 1. The molecule has 1 aliphatic rings. The molecule has 8 nitrogen and oxygen atoms in total. The van der Waals surface area contributed by atoms with E-state index < -0.39 is 10.0 Å². The van der Waals surface area contributed by atoms with E-state index in [0.717, 1.165) is 23.1 Å². The highest BCUT2D eigenvalue weighted by molar-refractivity contribution is 7.89. The monoisotopic (exact) mass is 469 g/mol. The van der Waals surface area contributed by atoms with Crippen LogP contribution in [0.4, 0.5) is 0 Å². The zero-order chi connectivity index (χ0) is 23.6. The van der Waals surface area contributed by atoms with E-state index in [-0.39, 0.29) is 22.8 Å². The van der Waals surface area contributed by atoms with Crippen LogP contribution in [0.5, 0.6) is 0 Å². The molecule has 0 spiro atoms. The Hall–Kier alpha value is -2.78. The van der Waals surface area contributed by atoms with Gasteiger partial charge in [-0.2, -0.15) is 4.31 Å². The minimum atomic E-state index is -3.65. The molecular weight excluding hydrogens is 438 g/mol. The lowest BCUT2D eigenvalue weighted by Crippen LogP contribution is -2.42. The number of rotatable bonds is 7. The van der Waals surface area contributed by atoms with Gasteiger partial charge in [-0.25, -0.2) is 13.1 Å². The van der Waals surface area contributed by atoms with E-state index >= 15 is 0 Å². The van der Waals surface area contributed by atoms with Crippen LogP contribution >= 0.6 is 0 Å². The molecule has 1 saturated heterocycles. The largest absolute Gasteiger partial charge is 0.352 e. The molecular formula is C24H31N5O3S. The van der Waals surface area contributed by atoms with Gasteiger partial charge in [-0.05, 0) is 56.9 Å². The lowest BCUT2D eigenvalue weighted by Gasteiger charge is -2.30. The predicted octanol–water partition coefficient (Wildman–Crippen LogP) is 3.43. The van der Waals surface area contributed by atoms with E-state index in [0.29, 0.717) is 38.0 Å². The molecule has 2 aromatic carbocycles. The number of carbonyl (C=O) groups excluding carboxylic acids is 1. The fraction of sp³-hybridized carbons (Fsp3) is 0.458. The summed E-state index contributed by atoms with van der Waals surface area (Å²) in [5, 5.41) is 11.4. The van der Waals surface area contributed by atoms with Gasteiger partial charge >= 0.3 is 0 Å². The third-order valence-corrected chi connectivity index (χ3v) is 8.36. The maximum atomic E-state index is 13.2. The smallest absolute Gasteiger partial charge is 0.243 e. The van der Waals surface area contributed by atoms with Crippen molar-refractivity contribution in [3.63, 3.8) is 0 Å². The molecule has 1 unspecified atom stereocenters. The van der Waals surface area contributed by atoms with E-state index in [9.17, 15) is 13.2 Å². The van der Waals surface area contributed by atoms with Crippen LogP contribution < -0.4 is 5.32 Å². The van der Waals surface area contributed by atoms with Crippen LogP contribution in [-0.2, 0) is 21.4 Å². The Morgan fingerprint density at radius 3 is 2.64 bits per heavy atom. The number of nitrogens with one attached hydrogen (secondary N) is 1. The number of hydrogen-bond acceptors (Lipinski definition) is 5. The lowest BCUT2D eigenvalue weighted by molar-refractivity contribution is -0.126. The second-order valence-electron chi connectivity index (χ2n) is 8.83. The third kappa shape index (κ3) is 4.94. The van der Waals surface area contributed by atoms with E-state index in [1.807, 2.05) is 35.9 Å². The van der Waals surface area contributed by atoms with E-state index in [1.165, 1.54) is 4.31 Å². The Bertz CT molecular complexity index is 1250. The van der Waals surface area contributed by atoms with Crippen molar-refractivity contribution in [3.8, 4) is 0 Å². The number of amides is 1. The van der Waals surface area contributed by atoms with Crippen molar-refractivity contribution in [2.45, 2.75) is 57.5 Å². The molecule has 0 aliphatic carbocycles. The number of aromatic nitrogens is 3. The van der Waals surface area contributed by atoms with E-state index in [1.54, 1.807) is 18.2 Å². The normalized spacial score (nSPS) is 16.7. The summed E-state index contributed by atoms with van der Waals surface area (Å²) in [5.41, 5.74) is 3.61. The molecule has 176 valence electrons. The topological polar surface area (TPSA) is 97.2 Å². The zero-order valence-electron chi connectivity index (χ0n) is 19.4. The molecule has 1 aromatic heterocycles. The molecule has 1 amide bonds. The fourth-order valence-corrected chi connectivity index (χ4v) is 5.73. The van der Waals surface area contributed by atoms with Crippen LogP contribution in [-0.4, -0.2) is 46.7 Å². The molecule has 1 N–H and O–H groups in total. The van der Waals surface area contributed by atoms with Gasteiger partial charge < -0.3 is 5.32 Å². The molecule has 2 heterocycles. The van der Waals surface area contributed by atoms with Crippen LogP contribution in [0.1, 0.15) is 50.3 Å². The minimum Gasteiger partial charge on any atom is -0.352 e. The van der Waals surface area contributed by atoms with Crippen LogP contribution in [0.25, 0.3) is 11.0 Å². The molecule has 33 heavy (non-hydrogen) atoms. The highest BCUT2D eigenvalue weighted by Gasteiger charge is 2.32. The molecule has 1 fully saturated rings. The number of fused-ring (bicyclic) bond motifs is 1. The van der Waals surface area contributed by atoms with Crippen molar-refractivity contribution in [1.82, 2.24) is 24.6 Å². The molecule has 4 rings (SSSR count). The van der Waals surface area contributed by atoms with Crippen molar-refractivity contribution >= 4 is 27.0 Å². The molecule has 0 saturated carbocycles. The lowest BCUT2D eigenvalue weighted by atomic mass is 9.97. The van der Waals surface area contributed by atoms with E-state index in [2.05, 4.69) is 29.5 Å². The SMILES string of the molecule is CCC(C)n1nnc2cc(S(=O)(=O)N3CCC(C(=O)NCc4cccc(C)c4)CC3)ccc21. The van der Waals surface area contributed by atoms with Gasteiger partial charge in [0.25, 0.3) is 0 Å². The van der Waals surface area contributed by atoms with Crippen LogP contribution in [0.2, 0.25) is 0 Å². The summed E-state index contributed by atoms with van der Waals surface area (Å²) in [5.74, 6) is -0.198. The molecule has 9 heteroatoms. The van der Waals surface area contributed by atoms with Crippen molar-refractivity contribution in [2.75, 3.05) is 13.1 Å². The maximum Gasteiger partial charge on any atom is 0.243 e. The average Bonchev–Trinajstić information content (AvgIpc) is 3.25. The molecule has 1 aliphatic heterocycles. The van der Waals surface area contributed by atoms with E-state index in [4.69, 9.17) is 0 Å². The molecule has 3 aromatic rings. The Kier molecular flexibility index (Phi) is 6.81. The third-order valence-electron chi connectivity index (χ3n) is 6.46. The van der Waals surface area contributed by atoms with Crippen LogP contribution in [0, 0.1) is 12.8 Å². The Morgan fingerprint density at radius 1 is 1.18 bits per heavy atom. The highest BCUT2D eigenvalue weighted by atomic mass is 32.2. The number of hydrogen-bond donors (Lipinski definition) is 1. The summed E-state index contributed by atoms with van der Waals surface area (Å²) in [6.45, 7) is 7.28. The van der Waals surface area contributed by atoms with Crippen LogP contribution in [0.15, 0.2) is 47.4 Å². The maximum absolute atomic E-state index is 13.2. The average molecular weight is 470 g/mol. The van der Waals surface area contributed by atoms with Crippen molar-refractivity contribution in [1.29, 1.82) is 0 Å². The van der Waals surface area contributed by atoms with Gasteiger partial charge in [0.1, 0.15) is 5.52 Å². The van der Waals surface area contributed by atoms with Gasteiger partial charge in [-0.1, -0.05) is 42.0 Å². The van der Waals surface area contributed by atoms with Gasteiger partial charge in [0.2, 0.25) is 15.9 Å². The van der Waals surface area contributed by atoms with Gasteiger partial charge in [0, 0.05) is 25.6 Å². The number of benzene rings is 2. The van der Waals surface area contributed by atoms with Gasteiger partial charge in [-0.15, -0.1) is 5.10 Å².